The van der Waals surface area contributed by atoms with Crippen molar-refractivity contribution in [2.45, 2.75) is 87.6 Å². The van der Waals surface area contributed by atoms with Gasteiger partial charge in [-0.2, -0.15) is 8.42 Å². The molecule has 0 saturated carbocycles. The number of hydrogen-bond donors (Lipinski definition) is 2. The van der Waals surface area contributed by atoms with Gasteiger partial charge in [0.05, 0.1) is 0 Å². The summed E-state index contributed by atoms with van der Waals surface area (Å²) in [4.78, 5) is 0. The average Bonchev–Trinajstić information content (AvgIpc) is 2.34. The largest absolute Gasteiger partial charge is 0.394 e. The van der Waals surface area contributed by atoms with E-state index in [1.807, 2.05) is 0 Å². The first kappa shape index (κ1) is 23.1. The van der Waals surface area contributed by atoms with Crippen LogP contribution in [0.4, 0.5) is 0 Å². The molecule has 0 radical (unpaired) electrons. The Hall–Kier alpha value is 0.870. The molecule has 0 aromatic heterocycles. The van der Waals surface area contributed by atoms with Crippen LogP contribution < -0.4 is 0 Å². The quantitative estimate of drug-likeness (QED) is 0.313. The van der Waals surface area contributed by atoms with Gasteiger partial charge in [-0.05, 0) is 0 Å². The molecule has 0 aromatic rings. The summed E-state index contributed by atoms with van der Waals surface area (Å²) in [5, 5.41) is 0. The van der Waals surface area contributed by atoms with E-state index in [0.29, 0.717) is 0 Å². The molecule has 20 heavy (non-hydrogen) atoms. The molecule has 0 atom stereocenters. The first-order valence-corrected chi connectivity index (χ1v) is 10.9. The van der Waals surface area contributed by atoms with Gasteiger partial charge in [-0.25, -0.2) is 0 Å². The van der Waals surface area contributed by atoms with Crippen molar-refractivity contribution in [1.29, 1.82) is 0 Å². The second-order valence-corrected chi connectivity index (χ2v) is 7.23. The van der Waals surface area contributed by atoms with Crippen LogP contribution in [0, 0.1) is 0 Å². The third-order valence-corrected chi connectivity index (χ3v) is 3.91. The van der Waals surface area contributed by atoms with Gasteiger partial charge in [-0.1, -0.05) is 13.3 Å². The van der Waals surface area contributed by atoms with Gasteiger partial charge >= 0.3 is 113 Å². The fourth-order valence-corrected chi connectivity index (χ4v) is 2.59. The van der Waals surface area contributed by atoms with Gasteiger partial charge in [0.15, 0.2) is 0 Å². The van der Waals surface area contributed by atoms with E-state index in [0.717, 1.165) is 0 Å². The predicted octanol–water partition coefficient (Wildman–Crippen LogP) is 4.62. The molecule has 0 heterocycles. The third kappa shape index (κ3) is 36.4. The molecule has 0 bridgehead atoms. The minimum Gasteiger partial charge on any atom is -0.264 e. The molecule has 118 valence electrons. The second-order valence-electron chi connectivity index (χ2n) is 5.34. The van der Waals surface area contributed by atoms with E-state index in [9.17, 15) is 0 Å². The first-order valence-electron chi connectivity index (χ1n) is 8.11. The maximum absolute atomic E-state index is 8.74. The molecule has 6 heteroatoms. The van der Waals surface area contributed by atoms with Crippen molar-refractivity contribution in [3.05, 3.63) is 0 Å². The smallest absolute Gasteiger partial charge is 0.264 e. The molecule has 0 spiro atoms. The predicted molar refractivity (Wildman–Crippen MR) is 85.8 cm³/mol. The van der Waals surface area contributed by atoms with E-state index in [2.05, 4.69) is 6.92 Å². The summed E-state index contributed by atoms with van der Waals surface area (Å²) >= 11 is 1.41. The molecular formula is C14H31NaO4S. The van der Waals surface area contributed by atoms with Crippen LogP contribution in [0.3, 0.4) is 0 Å². The second kappa shape index (κ2) is 17.9. The Kier molecular flexibility index (Phi) is 20.7. The molecule has 0 aliphatic heterocycles. The fraction of sp³-hybridized carbons (Fsp3) is 1.00. The van der Waals surface area contributed by atoms with Crippen molar-refractivity contribution >= 4 is 38.3 Å². The monoisotopic (exact) mass is 318 g/mol. The summed E-state index contributed by atoms with van der Waals surface area (Å²) in [5.41, 5.74) is 0. The normalized spacial score (nSPS) is 11.1. The van der Waals surface area contributed by atoms with Gasteiger partial charge < -0.3 is 0 Å². The fourth-order valence-electron chi connectivity index (χ4n) is 2.09. The maximum Gasteiger partial charge on any atom is 0.394 e. The van der Waals surface area contributed by atoms with Crippen LogP contribution in [0.25, 0.3) is 0 Å². The zero-order chi connectivity index (χ0) is 15.7. The van der Waals surface area contributed by atoms with E-state index >= 15 is 0 Å². The number of hydrogen-bond acceptors (Lipinski definition) is 2. The van der Waals surface area contributed by atoms with Crippen molar-refractivity contribution in [2.75, 3.05) is 0 Å². The average molecular weight is 318 g/mol. The topological polar surface area (TPSA) is 74.6 Å². The molecule has 0 amide bonds. The number of rotatable bonds is 12. The molecule has 0 aliphatic rings. The van der Waals surface area contributed by atoms with E-state index in [4.69, 9.17) is 17.5 Å². The molecule has 2 N–H and O–H groups in total. The Morgan fingerprint density at radius 2 is 0.950 bits per heavy atom. The van der Waals surface area contributed by atoms with Crippen LogP contribution in [0.2, 0.25) is 3.67 Å². The Labute approximate surface area is 143 Å². The van der Waals surface area contributed by atoms with Gasteiger partial charge in [0.2, 0.25) is 0 Å². The molecular weight excluding hydrogens is 287 g/mol. The molecule has 0 unspecified atom stereocenters. The Morgan fingerprint density at radius 3 is 1.20 bits per heavy atom. The molecule has 0 saturated heterocycles. The SMILES string of the molecule is CCCCCCCCCCCCC[CH2][Na].O=S(=O)(O)O. The van der Waals surface area contributed by atoms with Crippen molar-refractivity contribution < 1.29 is 17.5 Å². The van der Waals surface area contributed by atoms with Crippen LogP contribution in [-0.2, 0) is 10.4 Å². The van der Waals surface area contributed by atoms with Crippen molar-refractivity contribution in [3.63, 3.8) is 0 Å². The van der Waals surface area contributed by atoms with Gasteiger partial charge in [-0.3, -0.25) is 9.11 Å². The standard InChI is InChI=1S/C14H29.Na.H2O4S/c1-3-5-7-9-11-13-14-12-10-8-6-4-2;;1-5(2,3)4/h1,3-14H2,2H3;;(H2,1,2,3,4). The van der Waals surface area contributed by atoms with Crippen LogP contribution in [0.5, 0.6) is 0 Å². The van der Waals surface area contributed by atoms with E-state index in [1.165, 1.54) is 109 Å². The van der Waals surface area contributed by atoms with Crippen molar-refractivity contribution in [1.82, 2.24) is 0 Å². The van der Waals surface area contributed by atoms with Gasteiger partial charge in [0, 0.05) is 0 Å². The summed E-state index contributed by atoms with van der Waals surface area (Å²) < 4.78 is 33.1. The number of unbranched alkanes of at least 4 members (excludes halogenated alkanes) is 11. The van der Waals surface area contributed by atoms with Crippen LogP contribution in [-0.4, -0.2) is 45.5 Å². The zero-order valence-corrected chi connectivity index (χ0v) is 16.1. The summed E-state index contributed by atoms with van der Waals surface area (Å²) in [6, 6.07) is 0. The van der Waals surface area contributed by atoms with E-state index in [1.54, 1.807) is 0 Å². The Balaban J connectivity index is 0. The van der Waals surface area contributed by atoms with E-state index < -0.39 is 10.4 Å². The Morgan fingerprint density at radius 1 is 0.700 bits per heavy atom. The summed E-state index contributed by atoms with van der Waals surface area (Å²) in [5.74, 6) is 0. The summed E-state index contributed by atoms with van der Waals surface area (Å²) in [7, 11) is -4.67. The maximum atomic E-state index is 8.74. The van der Waals surface area contributed by atoms with Gasteiger partial charge in [0.1, 0.15) is 0 Å². The minimum absolute atomic E-state index is 1.38. The van der Waals surface area contributed by atoms with Crippen LogP contribution in [0.1, 0.15) is 84.0 Å². The molecule has 0 rings (SSSR count). The van der Waals surface area contributed by atoms with Crippen LogP contribution >= 0.6 is 0 Å². The molecule has 0 fully saturated rings. The van der Waals surface area contributed by atoms with Gasteiger partial charge in [-0.15, -0.1) is 0 Å². The van der Waals surface area contributed by atoms with Crippen LogP contribution in [0.15, 0.2) is 0 Å². The first-order chi connectivity index (χ1) is 9.41. The minimum atomic E-state index is -4.67. The van der Waals surface area contributed by atoms with Crippen molar-refractivity contribution in [3.8, 4) is 0 Å². The molecule has 0 aromatic carbocycles. The molecule has 4 nitrogen and oxygen atoms in total. The zero-order valence-electron chi connectivity index (χ0n) is 13.3. The summed E-state index contributed by atoms with van der Waals surface area (Å²) in [6.07, 6.45) is 17.7. The Bertz CT molecular complexity index is 248. The molecule has 0 aliphatic carbocycles. The summed E-state index contributed by atoms with van der Waals surface area (Å²) in [6.45, 7) is 2.29. The van der Waals surface area contributed by atoms with E-state index in [-0.39, 0.29) is 0 Å². The van der Waals surface area contributed by atoms with Gasteiger partial charge in [0.25, 0.3) is 0 Å². The third-order valence-electron chi connectivity index (χ3n) is 3.21. The van der Waals surface area contributed by atoms with Crippen molar-refractivity contribution in [2.24, 2.45) is 0 Å².